The van der Waals surface area contributed by atoms with Crippen molar-refractivity contribution in [3.63, 3.8) is 0 Å². The Balaban J connectivity index is 1.18. The fourth-order valence-corrected chi connectivity index (χ4v) is 13.1. The first-order valence-electron chi connectivity index (χ1n) is 15.1. The lowest BCUT2D eigenvalue weighted by molar-refractivity contribution is 0.670. The molecule has 7 aromatic rings. The van der Waals surface area contributed by atoms with Crippen LogP contribution in [0.4, 0.5) is 0 Å². The molecule has 224 valence electrons. The highest BCUT2D eigenvalue weighted by atomic mass is 32.1. The second-order valence-electron chi connectivity index (χ2n) is 11.2. The van der Waals surface area contributed by atoms with Crippen molar-refractivity contribution < 1.29 is 0 Å². The van der Waals surface area contributed by atoms with Gasteiger partial charge in [-0.15, -0.1) is 79.4 Å². The zero-order valence-corrected chi connectivity index (χ0v) is 31.0. The summed E-state index contributed by atoms with van der Waals surface area (Å²) in [5.41, 5.74) is 2.75. The van der Waals surface area contributed by atoms with Crippen LogP contribution in [0.2, 0.25) is 0 Å². The first-order chi connectivity index (χ1) is 21.4. The van der Waals surface area contributed by atoms with Gasteiger partial charge in [0.1, 0.15) is 0 Å². The molecular weight excluding hydrogens is 669 g/mol. The Hall–Kier alpha value is -2.10. The molecule has 0 aromatic carbocycles. The number of aryl methyl sites for hydroxylation is 4. The number of hydrogen-bond donors (Lipinski definition) is 0. The summed E-state index contributed by atoms with van der Waals surface area (Å²) in [7, 11) is 0. The van der Waals surface area contributed by atoms with Gasteiger partial charge in [-0.05, 0) is 106 Å². The van der Waals surface area contributed by atoms with Gasteiger partial charge in [-0.3, -0.25) is 0 Å². The largest absolute Gasteiger partial charge is 0.140 e. The molecule has 0 aliphatic carbocycles. The van der Waals surface area contributed by atoms with Gasteiger partial charge >= 0.3 is 0 Å². The van der Waals surface area contributed by atoms with Gasteiger partial charge in [-0.2, -0.15) is 0 Å². The average molecular weight is 703 g/mol. The summed E-state index contributed by atoms with van der Waals surface area (Å²) in [6, 6.07) is 27.9. The van der Waals surface area contributed by atoms with Crippen LogP contribution >= 0.6 is 79.4 Å². The maximum atomic E-state index is 2.45. The van der Waals surface area contributed by atoms with E-state index in [0.29, 0.717) is 0 Å². The molecule has 0 atom stereocenters. The van der Waals surface area contributed by atoms with Crippen LogP contribution < -0.4 is 0 Å². The molecule has 0 saturated carbocycles. The molecule has 7 aromatic heterocycles. The van der Waals surface area contributed by atoms with E-state index in [2.05, 4.69) is 100 Å². The van der Waals surface area contributed by atoms with Crippen molar-refractivity contribution in [2.75, 3.05) is 0 Å². The predicted molar refractivity (Wildman–Crippen MR) is 206 cm³/mol. The molecule has 0 amide bonds. The van der Waals surface area contributed by atoms with Crippen LogP contribution in [-0.4, -0.2) is 0 Å². The maximum Gasteiger partial charge on any atom is 0.0536 e. The molecule has 7 rings (SSSR count). The van der Waals surface area contributed by atoms with E-state index in [1.165, 1.54) is 112 Å². The van der Waals surface area contributed by atoms with Gasteiger partial charge in [0, 0.05) is 74.5 Å². The molecule has 44 heavy (non-hydrogen) atoms. The number of unbranched alkanes of at least 4 members (excludes halogenated alkanes) is 3. The number of rotatable bonds is 11. The highest BCUT2D eigenvalue weighted by Gasteiger charge is 2.20. The summed E-state index contributed by atoms with van der Waals surface area (Å²) in [5, 5.41) is 0. The van der Waals surface area contributed by atoms with Crippen molar-refractivity contribution in [2.24, 2.45) is 0 Å². The first kappa shape index (κ1) is 30.5. The average Bonchev–Trinajstić information content (AvgIpc) is 3.84. The molecule has 0 bridgehead atoms. The summed E-state index contributed by atoms with van der Waals surface area (Å²) in [4.78, 5) is 19.4. The lowest BCUT2D eigenvalue weighted by atomic mass is 10.1. The highest BCUT2D eigenvalue weighted by molar-refractivity contribution is 7.28. The van der Waals surface area contributed by atoms with E-state index in [4.69, 9.17) is 0 Å². The van der Waals surface area contributed by atoms with Crippen molar-refractivity contribution >= 4 is 79.4 Å². The van der Waals surface area contributed by atoms with E-state index >= 15 is 0 Å². The van der Waals surface area contributed by atoms with Crippen molar-refractivity contribution in [3.05, 3.63) is 92.3 Å². The van der Waals surface area contributed by atoms with Crippen molar-refractivity contribution in [2.45, 2.75) is 59.8 Å². The smallest absolute Gasteiger partial charge is 0.0536 e. The molecule has 7 heterocycles. The van der Waals surface area contributed by atoms with Crippen LogP contribution in [-0.2, 0) is 6.42 Å². The Kier molecular flexibility index (Phi) is 9.25. The lowest BCUT2D eigenvalue weighted by Crippen LogP contribution is -1.80. The van der Waals surface area contributed by atoms with Crippen LogP contribution in [0, 0.1) is 20.8 Å². The first-order valence-corrected chi connectivity index (χ1v) is 20.8. The van der Waals surface area contributed by atoms with Crippen LogP contribution in [0.15, 0.2) is 72.8 Å². The summed E-state index contributed by atoms with van der Waals surface area (Å²) in [6.07, 6.45) is 6.51. The van der Waals surface area contributed by atoms with Gasteiger partial charge in [0.25, 0.3) is 0 Å². The fourth-order valence-electron chi connectivity index (χ4n) is 5.45. The van der Waals surface area contributed by atoms with Gasteiger partial charge in [0.15, 0.2) is 0 Å². The Morgan fingerprint density at radius 2 is 0.977 bits per heavy atom. The second-order valence-corrected chi connectivity index (χ2v) is 19.4. The van der Waals surface area contributed by atoms with Crippen molar-refractivity contribution in [1.29, 1.82) is 0 Å². The minimum atomic E-state index is 1.21. The Labute approximate surface area is 289 Å². The lowest BCUT2D eigenvalue weighted by Gasteiger charge is -1.98. The van der Waals surface area contributed by atoms with E-state index in [1.54, 1.807) is 0 Å². The van der Waals surface area contributed by atoms with E-state index in [-0.39, 0.29) is 0 Å². The molecule has 0 radical (unpaired) electrons. The van der Waals surface area contributed by atoms with Crippen molar-refractivity contribution in [3.8, 4) is 59.9 Å². The molecule has 0 unspecified atom stereocenters. The third kappa shape index (κ3) is 6.43. The highest BCUT2D eigenvalue weighted by Crippen LogP contribution is 2.51. The summed E-state index contributed by atoms with van der Waals surface area (Å²) in [6.45, 7) is 8.96. The third-order valence-corrected chi connectivity index (χ3v) is 16.1. The zero-order valence-electron chi connectivity index (χ0n) is 25.3. The van der Waals surface area contributed by atoms with Crippen LogP contribution in [0.3, 0.4) is 0 Å². The summed E-state index contributed by atoms with van der Waals surface area (Å²) >= 11 is 13.5. The topological polar surface area (TPSA) is 0 Å². The van der Waals surface area contributed by atoms with Gasteiger partial charge < -0.3 is 0 Å². The molecule has 0 spiro atoms. The molecule has 0 N–H and O–H groups in total. The standard InChI is InChI=1S/C37H34S7/c1-5-6-7-8-9-25-12-15-31(41-25)33-18-16-28(42-33)26-20-35(40-24(26)4)36-21-27(37(44-36)34-14-11-23(3)39-34)29-17-19-32(43-29)30-13-10-22(2)38-30/h10-21H,5-9H2,1-4H3. The van der Waals surface area contributed by atoms with Crippen LogP contribution in [0.1, 0.15) is 52.1 Å². The molecule has 0 saturated heterocycles. The SMILES string of the molecule is CCCCCCc1ccc(-c2ccc(-c3cc(-c4cc(-c5ccc(-c6ccc(C)s6)s5)c(-c5ccc(C)s5)s4)sc3C)s2)s1. The second kappa shape index (κ2) is 13.3. The maximum absolute atomic E-state index is 2.45. The zero-order chi connectivity index (χ0) is 30.2. The van der Waals surface area contributed by atoms with E-state index in [9.17, 15) is 0 Å². The van der Waals surface area contributed by atoms with Gasteiger partial charge in [0.05, 0.1) is 4.88 Å². The molecule has 0 aliphatic heterocycles. The van der Waals surface area contributed by atoms with Gasteiger partial charge in [-0.1, -0.05) is 26.2 Å². The van der Waals surface area contributed by atoms with Gasteiger partial charge in [-0.25, -0.2) is 0 Å². The van der Waals surface area contributed by atoms with Crippen LogP contribution in [0.5, 0.6) is 0 Å². The van der Waals surface area contributed by atoms with E-state index in [1.807, 2.05) is 79.4 Å². The third-order valence-electron chi connectivity index (χ3n) is 7.76. The Morgan fingerprint density at radius 1 is 0.432 bits per heavy atom. The molecule has 0 nitrogen and oxygen atoms in total. The minimum absolute atomic E-state index is 1.21. The molecule has 0 fully saturated rings. The normalized spacial score (nSPS) is 11.6. The monoisotopic (exact) mass is 702 g/mol. The Bertz CT molecular complexity index is 2010. The van der Waals surface area contributed by atoms with E-state index < -0.39 is 0 Å². The molecular formula is C37H34S7. The summed E-state index contributed by atoms with van der Waals surface area (Å²) in [5.74, 6) is 0. The molecule has 7 heteroatoms. The Morgan fingerprint density at radius 3 is 1.66 bits per heavy atom. The van der Waals surface area contributed by atoms with Crippen molar-refractivity contribution in [1.82, 2.24) is 0 Å². The van der Waals surface area contributed by atoms with Gasteiger partial charge in [0.2, 0.25) is 0 Å². The van der Waals surface area contributed by atoms with E-state index in [0.717, 1.165) is 0 Å². The predicted octanol–water partition coefficient (Wildman–Crippen LogP) is 15.2. The van der Waals surface area contributed by atoms with Crippen LogP contribution in [0.25, 0.3) is 59.9 Å². The molecule has 0 aliphatic rings. The quantitative estimate of drug-likeness (QED) is 0.118. The summed E-state index contributed by atoms with van der Waals surface area (Å²) < 4.78 is 0. The number of hydrogen-bond acceptors (Lipinski definition) is 7. The fraction of sp³-hybridized carbons (Fsp3) is 0.243. The minimum Gasteiger partial charge on any atom is -0.140 e. The number of thiophene rings is 7.